The van der Waals surface area contributed by atoms with Crippen molar-refractivity contribution in [1.82, 2.24) is 9.78 Å². The lowest BCUT2D eigenvalue weighted by atomic mass is 10.2. The van der Waals surface area contributed by atoms with Crippen LogP contribution in [0.5, 0.6) is 0 Å². The van der Waals surface area contributed by atoms with E-state index in [-0.39, 0.29) is 0 Å². The molecular formula is C8H12N4. The van der Waals surface area contributed by atoms with Crippen LogP contribution in [0.15, 0.2) is 6.20 Å². The first-order valence-electron chi connectivity index (χ1n) is 3.88. The number of nitrogens with zero attached hydrogens (tertiary/aromatic N) is 3. The molecule has 4 nitrogen and oxygen atoms in total. The third-order valence-corrected chi connectivity index (χ3v) is 1.86. The zero-order chi connectivity index (χ0) is 8.97. The predicted molar refractivity (Wildman–Crippen MR) is 45.1 cm³/mol. The van der Waals surface area contributed by atoms with Crippen LogP contribution in [0.3, 0.4) is 0 Å². The second-order valence-corrected chi connectivity index (χ2v) is 2.59. The fraction of sp³-hybridized carbons (Fsp3) is 0.500. The molecule has 64 valence electrons. The minimum Gasteiger partial charge on any atom is -0.326 e. The van der Waals surface area contributed by atoms with Gasteiger partial charge in [-0.15, -0.1) is 0 Å². The smallest absolute Gasteiger partial charge is 0.0641 e. The average Bonchev–Trinajstić information content (AvgIpc) is 2.43. The maximum absolute atomic E-state index is 8.37. The Labute approximate surface area is 71.6 Å². The summed E-state index contributed by atoms with van der Waals surface area (Å²) in [7, 11) is 0. The van der Waals surface area contributed by atoms with Crippen LogP contribution in [0.2, 0.25) is 0 Å². The zero-order valence-corrected chi connectivity index (χ0v) is 7.12. The van der Waals surface area contributed by atoms with E-state index >= 15 is 0 Å². The molecule has 0 bridgehead atoms. The van der Waals surface area contributed by atoms with Gasteiger partial charge in [-0.3, -0.25) is 4.68 Å². The first-order valence-corrected chi connectivity index (χ1v) is 3.88. The lowest BCUT2D eigenvalue weighted by Crippen LogP contribution is -2.03. The third-order valence-electron chi connectivity index (χ3n) is 1.86. The Morgan fingerprint density at radius 3 is 3.00 bits per heavy atom. The standard InChI is InChI=1S/C8H12N4/c1-7-8(5-10)6-11-12(7)4-2-3-9/h6H,2,4-5,10H2,1H3. The van der Waals surface area contributed by atoms with E-state index in [2.05, 4.69) is 11.2 Å². The molecule has 0 aliphatic rings. The van der Waals surface area contributed by atoms with Crippen molar-refractivity contribution in [1.29, 1.82) is 5.26 Å². The molecule has 0 fully saturated rings. The Morgan fingerprint density at radius 1 is 1.75 bits per heavy atom. The van der Waals surface area contributed by atoms with Crippen molar-refractivity contribution >= 4 is 0 Å². The molecule has 0 aliphatic carbocycles. The zero-order valence-electron chi connectivity index (χ0n) is 7.12. The summed E-state index contributed by atoms with van der Waals surface area (Å²) >= 11 is 0. The lowest BCUT2D eigenvalue weighted by Gasteiger charge is -2.00. The van der Waals surface area contributed by atoms with Crippen molar-refractivity contribution in [2.45, 2.75) is 26.4 Å². The van der Waals surface area contributed by atoms with Crippen molar-refractivity contribution in [2.75, 3.05) is 0 Å². The summed E-state index contributed by atoms with van der Waals surface area (Å²) in [5.74, 6) is 0. The fourth-order valence-electron chi connectivity index (χ4n) is 1.07. The molecule has 12 heavy (non-hydrogen) atoms. The molecule has 1 aromatic heterocycles. The summed E-state index contributed by atoms with van der Waals surface area (Å²) < 4.78 is 1.81. The maximum atomic E-state index is 8.37. The highest BCUT2D eigenvalue weighted by atomic mass is 15.3. The molecule has 1 heterocycles. The van der Waals surface area contributed by atoms with Crippen LogP contribution < -0.4 is 5.73 Å². The number of nitriles is 1. The molecule has 0 spiro atoms. The van der Waals surface area contributed by atoms with Gasteiger partial charge in [-0.25, -0.2) is 0 Å². The van der Waals surface area contributed by atoms with Crippen molar-refractivity contribution < 1.29 is 0 Å². The molecular weight excluding hydrogens is 152 g/mol. The van der Waals surface area contributed by atoms with Crippen LogP contribution in [-0.4, -0.2) is 9.78 Å². The Morgan fingerprint density at radius 2 is 2.50 bits per heavy atom. The third kappa shape index (κ3) is 1.63. The van der Waals surface area contributed by atoms with Gasteiger partial charge in [0, 0.05) is 17.8 Å². The quantitative estimate of drug-likeness (QED) is 0.709. The molecule has 0 saturated carbocycles. The van der Waals surface area contributed by atoms with Crippen LogP contribution in [-0.2, 0) is 13.1 Å². The van der Waals surface area contributed by atoms with Gasteiger partial charge in [0.25, 0.3) is 0 Å². The lowest BCUT2D eigenvalue weighted by molar-refractivity contribution is 0.609. The highest BCUT2D eigenvalue weighted by Gasteiger charge is 2.02. The van der Waals surface area contributed by atoms with E-state index in [0.717, 1.165) is 11.3 Å². The van der Waals surface area contributed by atoms with E-state index in [0.29, 0.717) is 19.5 Å². The number of rotatable bonds is 3. The van der Waals surface area contributed by atoms with Gasteiger partial charge in [-0.2, -0.15) is 10.4 Å². The number of hydrogen-bond donors (Lipinski definition) is 1. The summed E-state index contributed by atoms with van der Waals surface area (Å²) in [6.45, 7) is 3.13. The summed E-state index contributed by atoms with van der Waals surface area (Å²) in [6, 6.07) is 2.08. The summed E-state index contributed by atoms with van der Waals surface area (Å²) in [4.78, 5) is 0. The van der Waals surface area contributed by atoms with Crippen molar-refractivity contribution in [3.63, 3.8) is 0 Å². The van der Waals surface area contributed by atoms with E-state index in [1.165, 1.54) is 0 Å². The van der Waals surface area contributed by atoms with Crippen LogP contribution in [0.25, 0.3) is 0 Å². The molecule has 0 radical (unpaired) electrons. The molecule has 4 heteroatoms. The van der Waals surface area contributed by atoms with Crippen molar-refractivity contribution in [2.24, 2.45) is 5.73 Å². The van der Waals surface area contributed by atoms with Gasteiger partial charge in [-0.05, 0) is 6.92 Å². The van der Waals surface area contributed by atoms with E-state index in [1.54, 1.807) is 6.20 Å². The highest BCUT2D eigenvalue weighted by molar-refractivity contribution is 5.15. The first kappa shape index (κ1) is 8.75. The van der Waals surface area contributed by atoms with E-state index in [9.17, 15) is 0 Å². The minimum atomic E-state index is 0.493. The molecule has 0 aliphatic heterocycles. The topological polar surface area (TPSA) is 67.6 Å². The second-order valence-electron chi connectivity index (χ2n) is 2.59. The molecule has 0 unspecified atom stereocenters. The Balaban J connectivity index is 2.74. The second kappa shape index (κ2) is 3.88. The number of nitrogens with two attached hydrogens (primary N) is 1. The highest BCUT2D eigenvalue weighted by Crippen LogP contribution is 2.05. The largest absolute Gasteiger partial charge is 0.326 e. The number of aryl methyl sites for hydroxylation is 1. The Kier molecular flexibility index (Phi) is 2.83. The summed E-state index contributed by atoms with van der Waals surface area (Å²) in [5.41, 5.74) is 7.59. The molecule has 0 aromatic carbocycles. The predicted octanol–water partition coefficient (Wildman–Crippen LogP) is 0.564. The molecule has 0 amide bonds. The SMILES string of the molecule is Cc1c(CN)cnn1CCC#N. The Bertz CT molecular complexity index is 294. The molecule has 0 saturated heterocycles. The van der Waals surface area contributed by atoms with Gasteiger partial charge >= 0.3 is 0 Å². The molecule has 0 atom stereocenters. The van der Waals surface area contributed by atoms with Crippen molar-refractivity contribution in [3.8, 4) is 6.07 Å². The average molecular weight is 164 g/mol. The van der Waals surface area contributed by atoms with Gasteiger partial charge in [0.1, 0.15) is 0 Å². The van der Waals surface area contributed by atoms with Crippen LogP contribution >= 0.6 is 0 Å². The van der Waals surface area contributed by atoms with Gasteiger partial charge in [-0.1, -0.05) is 0 Å². The van der Waals surface area contributed by atoms with Gasteiger partial charge in [0.2, 0.25) is 0 Å². The molecule has 1 aromatic rings. The first-order chi connectivity index (χ1) is 5.79. The van der Waals surface area contributed by atoms with E-state index < -0.39 is 0 Å². The van der Waals surface area contributed by atoms with Crippen LogP contribution in [0.4, 0.5) is 0 Å². The minimum absolute atomic E-state index is 0.493. The number of aromatic nitrogens is 2. The van der Waals surface area contributed by atoms with Crippen molar-refractivity contribution in [3.05, 3.63) is 17.5 Å². The van der Waals surface area contributed by atoms with E-state index in [4.69, 9.17) is 11.0 Å². The van der Waals surface area contributed by atoms with Crippen LogP contribution in [0, 0.1) is 18.3 Å². The molecule has 2 N–H and O–H groups in total. The number of hydrogen-bond acceptors (Lipinski definition) is 3. The maximum Gasteiger partial charge on any atom is 0.0641 e. The summed E-state index contributed by atoms with van der Waals surface area (Å²) in [5, 5.41) is 12.5. The van der Waals surface area contributed by atoms with Gasteiger partial charge < -0.3 is 5.73 Å². The monoisotopic (exact) mass is 164 g/mol. The Hall–Kier alpha value is -1.34. The summed E-state index contributed by atoms with van der Waals surface area (Å²) in [6.07, 6.45) is 2.25. The van der Waals surface area contributed by atoms with E-state index in [1.807, 2.05) is 11.6 Å². The van der Waals surface area contributed by atoms with Gasteiger partial charge in [0.05, 0.1) is 25.2 Å². The fourth-order valence-corrected chi connectivity index (χ4v) is 1.07. The van der Waals surface area contributed by atoms with Crippen LogP contribution in [0.1, 0.15) is 17.7 Å². The molecule has 1 rings (SSSR count). The normalized spacial score (nSPS) is 9.75. The van der Waals surface area contributed by atoms with Gasteiger partial charge in [0.15, 0.2) is 0 Å².